The number of benzene rings is 1. The summed E-state index contributed by atoms with van der Waals surface area (Å²) < 4.78 is 27.0. The zero-order chi connectivity index (χ0) is 12.8. The molecule has 1 N–H and O–H groups in total. The average molecular weight is 242 g/mol. The third kappa shape index (κ3) is 4.40. The second-order valence-electron chi connectivity index (χ2n) is 4.49. The molecule has 0 aliphatic heterocycles. The van der Waals surface area contributed by atoms with E-state index in [4.69, 9.17) is 0 Å². The van der Waals surface area contributed by atoms with Crippen LogP contribution >= 0.6 is 0 Å². The van der Waals surface area contributed by atoms with Crippen molar-refractivity contribution in [3.8, 4) is 0 Å². The predicted octanol–water partition coefficient (Wildman–Crippen LogP) is 2.31. The van der Waals surface area contributed by atoms with Crippen LogP contribution < -0.4 is 5.32 Å². The molecule has 17 heavy (non-hydrogen) atoms. The molecule has 0 unspecified atom stereocenters. The third-order valence-corrected chi connectivity index (χ3v) is 2.64. The van der Waals surface area contributed by atoms with Crippen LogP contribution in [0.4, 0.5) is 8.78 Å². The zero-order valence-corrected chi connectivity index (χ0v) is 10.7. The van der Waals surface area contributed by atoms with Gasteiger partial charge in [0, 0.05) is 12.1 Å². The van der Waals surface area contributed by atoms with Gasteiger partial charge in [-0.05, 0) is 52.2 Å². The summed E-state index contributed by atoms with van der Waals surface area (Å²) in [6.07, 6.45) is 0.960. The van der Waals surface area contributed by atoms with Crippen molar-refractivity contribution in [1.29, 1.82) is 0 Å². The van der Waals surface area contributed by atoms with Gasteiger partial charge in [-0.25, -0.2) is 8.78 Å². The summed E-state index contributed by atoms with van der Waals surface area (Å²) in [6, 6.07) is 2.77. The first kappa shape index (κ1) is 14.1. The number of aryl methyl sites for hydroxylation is 1. The van der Waals surface area contributed by atoms with Crippen LogP contribution in [0.5, 0.6) is 0 Å². The molecule has 4 heteroatoms. The number of hydrogen-bond acceptors (Lipinski definition) is 2. The van der Waals surface area contributed by atoms with Gasteiger partial charge < -0.3 is 10.2 Å². The predicted molar refractivity (Wildman–Crippen MR) is 66.0 cm³/mol. The summed E-state index contributed by atoms with van der Waals surface area (Å²) in [5.74, 6) is -0.918. The highest BCUT2D eigenvalue weighted by molar-refractivity contribution is 5.26. The van der Waals surface area contributed by atoms with Crippen molar-refractivity contribution in [2.45, 2.75) is 19.9 Å². The lowest BCUT2D eigenvalue weighted by atomic mass is 10.1. The quantitative estimate of drug-likeness (QED) is 0.770. The molecule has 0 saturated carbocycles. The fraction of sp³-hybridized carbons (Fsp3) is 0.538. The Labute approximate surface area is 102 Å². The molecule has 96 valence electrons. The molecular weight excluding hydrogens is 222 g/mol. The minimum absolute atomic E-state index is 0.134. The van der Waals surface area contributed by atoms with E-state index in [2.05, 4.69) is 10.2 Å². The standard InChI is InChI=1S/C13H20F2N2/c1-10-5-6-12(14)11(13(10)15)9-16-7-4-8-17(2)3/h5-6,16H,4,7-9H2,1-3H3. The van der Waals surface area contributed by atoms with E-state index >= 15 is 0 Å². The fourth-order valence-corrected chi connectivity index (χ4v) is 1.61. The summed E-state index contributed by atoms with van der Waals surface area (Å²) in [5, 5.41) is 3.06. The second kappa shape index (κ2) is 6.67. The molecule has 1 aromatic rings. The average Bonchev–Trinajstić information content (AvgIpc) is 2.27. The molecule has 0 radical (unpaired) electrons. The van der Waals surface area contributed by atoms with Gasteiger partial charge in [-0.2, -0.15) is 0 Å². The second-order valence-corrected chi connectivity index (χ2v) is 4.49. The summed E-state index contributed by atoms with van der Waals surface area (Å²) in [4.78, 5) is 2.08. The lowest BCUT2D eigenvalue weighted by Gasteiger charge is -2.11. The van der Waals surface area contributed by atoms with Crippen molar-refractivity contribution >= 4 is 0 Å². The molecule has 0 spiro atoms. The van der Waals surface area contributed by atoms with E-state index in [1.54, 1.807) is 6.92 Å². The highest BCUT2D eigenvalue weighted by Crippen LogP contribution is 2.15. The maximum atomic E-state index is 13.6. The molecule has 0 fully saturated rings. The molecule has 0 atom stereocenters. The molecule has 1 rings (SSSR count). The van der Waals surface area contributed by atoms with E-state index in [1.807, 2.05) is 14.1 Å². The number of nitrogens with zero attached hydrogens (tertiary/aromatic N) is 1. The molecule has 1 aromatic carbocycles. The molecule has 2 nitrogen and oxygen atoms in total. The lowest BCUT2D eigenvalue weighted by molar-refractivity contribution is 0.393. The smallest absolute Gasteiger partial charge is 0.133 e. The van der Waals surface area contributed by atoms with Crippen molar-refractivity contribution in [3.05, 3.63) is 34.9 Å². The van der Waals surface area contributed by atoms with Gasteiger partial charge in [0.2, 0.25) is 0 Å². The highest BCUT2D eigenvalue weighted by Gasteiger charge is 2.10. The van der Waals surface area contributed by atoms with Crippen LogP contribution in [0.25, 0.3) is 0 Å². The SMILES string of the molecule is Cc1ccc(F)c(CNCCCN(C)C)c1F. The zero-order valence-electron chi connectivity index (χ0n) is 10.7. The molecule has 0 amide bonds. The van der Waals surface area contributed by atoms with Gasteiger partial charge in [0.15, 0.2) is 0 Å². The Morgan fingerprint density at radius 2 is 1.94 bits per heavy atom. The van der Waals surface area contributed by atoms with E-state index < -0.39 is 11.6 Å². The maximum Gasteiger partial charge on any atom is 0.133 e. The molecule has 0 aromatic heterocycles. The van der Waals surface area contributed by atoms with Crippen LogP contribution in [0, 0.1) is 18.6 Å². The van der Waals surface area contributed by atoms with Crippen molar-refractivity contribution in [1.82, 2.24) is 10.2 Å². The summed E-state index contributed by atoms with van der Waals surface area (Å²) in [5.41, 5.74) is 0.617. The maximum absolute atomic E-state index is 13.6. The summed E-state index contributed by atoms with van der Waals surface area (Å²) >= 11 is 0. The normalized spacial score (nSPS) is 11.2. The fourth-order valence-electron chi connectivity index (χ4n) is 1.61. The van der Waals surface area contributed by atoms with Crippen LogP contribution in [-0.4, -0.2) is 32.1 Å². The van der Waals surface area contributed by atoms with Gasteiger partial charge in [0.1, 0.15) is 11.6 Å². The van der Waals surface area contributed by atoms with Crippen molar-refractivity contribution in [2.75, 3.05) is 27.2 Å². The Hall–Kier alpha value is -1.00. The molecule has 0 bridgehead atoms. The van der Waals surface area contributed by atoms with Gasteiger partial charge in [-0.15, -0.1) is 0 Å². The topological polar surface area (TPSA) is 15.3 Å². The van der Waals surface area contributed by atoms with Crippen LogP contribution in [-0.2, 0) is 6.54 Å². The Kier molecular flexibility index (Phi) is 5.51. The number of hydrogen-bond donors (Lipinski definition) is 1. The molecule has 0 saturated heterocycles. The summed E-state index contributed by atoms with van der Waals surface area (Å²) in [7, 11) is 4.00. The van der Waals surface area contributed by atoms with Gasteiger partial charge in [-0.1, -0.05) is 6.07 Å². The largest absolute Gasteiger partial charge is 0.312 e. The molecule has 0 aliphatic carbocycles. The lowest BCUT2D eigenvalue weighted by Crippen LogP contribution is -2.22. The Balaban J connectivity index is 2.44. The first-order valence-electron chi connectivity index (χ1n) is 5.81. The minimum atomic E-state index is -0.479. The summed E-state index contributed by atoms with van der Waals surface area (Å²) in [6.45, 7) is 3.61. The Bertz CT molecular complexity index is 365. The highest BCUT2D eigenvalue weighted by atomic mass is 19.1. The van der Waals surface area contributed by atoms with Crippen LogP contribution in [0.2, 0.25) is 0 Å². The number of rotatable bonds is 6. The van der Waals surface area contributed by atoms with Gasteiger partial charge >= 0.3 is 0 Å². The number of halogens is 2. The first-order chi connectivity index (χ1) is 8.02. The van der Waals surface area contributed by atoms with Crippen LogP contribution in [0.15, 0.2) is 12.1 Å². The Morgan fingerprint density at radius 1 is 1.24 bits per heavy atom. The van der Waals surface area contributed by atoms with E-state index in [0.29, 0.717) is 5.56 Å². The van der Waals surface area contributed by atoms with Crippen LogP contribution in [0.1, 0.15) is 17.5 Å². The van der Waals surface area contributed by atoms with Crippen molar-refractivity contribution in [2.24, 2.45) is 0 Å². The van der Waals surface area contributed by atoms with Crippen molar-refractivity contribution < 1.29 is 8.78 Å². The molecule has 0 aliphatic rings. The van der Waals surface area contributed by atoms with Gasteiger partial charge in [0.05, 0.1) is 0 Å². The van der Waals surface area contributed by atoms with Gasteiger partial charge in [-0.3, -0.25) is 0 Å². The van der Waals surface area contributed by atoms with E-state index in [0.717, 1.165) is 19.5 Å². The van der Waals surface area contributed by atoms with Gasteiger partial charge in [0.25, 0.3) is 0 Å². The van der Waals surface area contributed by atoms with Crippen LogP contribution in [0.3, 0.4) is 0 Å². The van der Waals surface area contributed by atoms with E-state index in [1.165, 1.54) is 12.1 Å². The number of nitrogens with one attached hydrogen (secondary N) is 1. The Morgan fingerprint density at radius 3 is 2.59 bits per heavy atom. The monoisotopic (exact) mass is 242 g/mol. The molecular formula is C13H20F2N2. The van der Waals surface area contributed by atoms with E-state index in [9.17, 15) is 8.78 Å². The minimum Gasteiger partial charge on any atom is -0.312 e. The van der Waals surface area contributed by atoms with Crippen molar-refractivity contribution in [3.63, 3.8) is 0 Å². The first-order valence-corrected chi connectivity index (χ1v) is 5.81. The van der Waals surface area contributed by atoms with E-state index in [-0.39, 0.29) is 12.1 Å². The third-order valence-electron chi connectivity index (χ3n) is 2.64. The molecule has 0 heterocycles.